The van der Waals surface area contributed by atoms with E-state index in [-0.39, 0.29) is 12.4 Å². The average molecular weight is 378 g/mol. The number of halogens is 1. The zero-order chi connectivity index (χ0) is 17.1. The van der Waals surface area contributed by atoms with Gasteiger partial charge in [-0.05, 0) is 37.3 Å². The van der Waals surface area contributed by atoms with Gasteiger partial charge in [0.1, 0.15) is 11.6 Å². The van der Waals surface area contributed by atoms with Gasteiger partial charge in [0.2, 0.25) is 0 Å². The first kappa shape index (κ1) is 19.3. The van der Waals surface area contributed by atoms with Gasteiger partial charge in [-0.15, -0.1) is 12.4 Å². The number of nitrogens with zero attached hydrogens (tertiary/aromatic N) is 3. The van der Waals surface area contributed by atoms with E-state index in [4.69, 9.17) is 4.74 Å². The summed E-state index contributed by atoms with van der Waals surface area (Å²) in [6, 6.07) is 5.28. The number of rotatable bonds is 5. The monoisotopic (exact) mass is 377 g/mol. The van der Waals surface area contributed by atoms with Crippen LogP contribution in [0.2, 0.25) is 0 Å². The van der Waals surface area contributed by atoms with Crippen LogP contribution in [-0.4, -0.2) is 46.4 Å². The molecule has 2 aliphatic rings. The maximum Gasteiger partial charge on any atom is 0.137 e. The Bertz CT molecular complexity index is 683. The van der Waals surface area contributed by atoms with Crippen molar-refractivity contribution in [2.75, 3.05) is 19.8 Å². The largest absolute Gasteiger partial charge is 0.379 e. The highest BCUT2D eigenvalue weighted by Crippen LogP contribution is 2.29. The van der Waals surface area contributed by atoms with E-state index in [9.17, 15) is 0 Å². The molecule has 0 amide bonds. The summed E-state index contributed by atoms with van der Waals surface area (Å²) < 4.78 is 7.66. The van der Waals surface area contributed by atoms with Crippen molar-refractivity contribution in [3.63, 3.8) is 0 Å². The molecule has 4 rings (SSSR count). The van der Waals surface area contributed by atoms with E-state index in [1.54, 1.807) is 6.20 Å². The van der Waals surface area contributed by atoms with E-state index in [1.165, 1.54) is 24.8 Å². The molecule has 2 fully saturated rings. The van der Waals surface area contributed by atoms with E-state index >= 15 is 0 Å². The van der Waals surface area contributed by atoms with Crippen LogP contribution in [0.3, 0.4) is 0 Å². The average Bonchev–Trinajstić information content (AvgIpc) is 3.30. The van der Waals surface area contributed by atoms with Crippen molar-refractivity contribution in [2.24, 2.45) is 5.92 Å². The third-order valence-corrected chi connectivity index (χ3v) is 5.49. The Balaban J connectivity index is 0.00000196. The van der Waals surface area contributed by atoms with Crippen LogP contribution in [0.5, 0.6) is 0 Å². The van der Waals surface area contributed by atoms with Gasteiger partial charge in [-0.1, -0.05) is 12.5 Å². The van der Waals surface area contributed by atoms with Gasteiger partial charge >= 0.3 is 0 Å². The zero-order valence-electron chi connectivity index (χ0n) is 15.2. The van der Waals surface area contributed by atoms with Gasteiger partial charge in [0, 0.05) is 43.8 Å². The number of pyridine rings is 1. The maximum absolute atomic E-state index is 5.66. The van der Waals surface area contributed by atoms with Crippen molar-refractivity contribution in [3.05, 3.63) is 42.1 Å². The first-order valence-corrected chi connectivity index (χ1v) is 9.31. The molecule has 6 nitrogen and oxygen atoms in total. The molecule has 0 bridgehead atoms. The van der Waals surface area contributed by atoms with Crippen LogP contribution in [0.4, 0.5) is 0 Å². The minimum absolute atomic E-state index is 0. The second-order valence-corrected chi connectivity index (χ2v) is 7.09. The minimum Gasteiger partial charge on any atom is -0.379 e. The molecule has 2 aromatic rings. The first-order valence-electron chi connectivity index (χ1n) is 9.31. The molecule has 0 spiro atoms. The van der Waals surface area contributed by atoms with Crippen LogP contribution in [-0.2, 0) is 11.3 Å². The highest BCUT2D eigenvalue weighted by Gasteiger charge is 2.34. The summed E-state index contributed by atoms with van der Waals surface area (Å²) in [5, 5.41) is 7.39. The number of morpholine rings is 1. The Morgan fingerprint density at radius 2 is 2.23 bits per heavy atom. The molecule has 1 aliphatic heterocycles. The van der Waals surface area contributed by atoms with Crippen molar-refractivity contribution in [1.82, 2.24) is 25.2 Å². The number of nitrogens with one attached hydrogen (secondary N) is 2. The van der Waals surface area contributed by atoms with Crippen molar-refractivity contribution < 1.29 is 4.74 Å². The van der Waals surface area contributed by atoms with Gasteiger partial charge in [0.25, 0.3) is 0 Å². The second kappa shape index (κ2) is 8.95. The quantitative estimate of drug-likeness (QED) is 0.836. The van der Waals surface area contributed by atoms with Gasteiger partial charge in [0.15, 0.2) is 0 Å². The number of aryl methyl sites for hydroxylation is 1. The topological polar surface area (TPSA) is 64.0 Å². The molecular formula is C19H28ClN5O. The summed E-state index contributed by atoms with van der Waals surface area (Å²) >= 11 is 0. The summed E-state index contributed by atoms with van der Waals surface area (Å²) in [5.41, 5.74) is 1.22. The van der Waals surface area contributed by atoms with Crippen LogP contribution in [0.15, 0.2) is 30.7 Å². The molecule has 0 aromatic carbocycles. The van der Waals surface area contributed by atoms with Gasteiger partial charge in [0.05, 0.1) is 13.2 Å². The fraction of sp³-hybridized carbons (Fsp3) is 0.579. The van der Waals surface area contributed by atoms with Crippen LogP contribution in [0.25, 0.3) is 5.82 Å². The summed E-state index contributed by atoms with van der Waals surface area (Å²) in [4.78, 5) is 8.84. The molecule has 142 valence electrons. The van der Waals surface area contributed by atoms with Crippen LogP contribution < -0.4 is 10.6 Å². The Morgan fingerprint density at radius 1 is 1.31 bits per heavy atom. The molecule has 7 heteroatoms. The van der Waals surface area contributed by atoms with E-state index in [1.807, 2.05) is 23.9 Å². The van der Waals surface area contributed by atoms with Gasteiger partial charge in [-0.25, -0.2) is 9.97 Å². The predicted molar refractivity (Wildman–Crippen MR) is 104 cm³/mol. The highest BCUT2D eigenvalue weighted by molar-refractivity contribution is 5.85. The summed E-state index contributed by atoms with van der Waals surface area (Å²) in [6.07, 6.45) is 9.55. The molecule has 1 saturated carbocycles. The number of hydrogen-bond donors (Lipinski definition) is 2. The van der Waals surface area contributed by atoms with Gasteiger partial charge in [-0.2, -0.15) is 0 Å². The lowest BCUT2D eigenvalue weighted by Gasteiger charge is -2.33. The lowest BCUT2D eigenvalue weighted by Crippen LogP contribution is -2.50. The molecule has 1 saturated heterocycles. The van der Waals surface area contributed by atoms with Gasteiger partial charge < -0.3 is 15.4 Å². The standard InChI is InChI=1S/C19H27N5O.ClH/c1-14-20-7-9-24(14)19-6-5-15(12-23-19)11-22-17-4-2-3-16(17)18-13-25-10-8-21-18;/h5-7,9,12,16-18,21-22H,2-4,8,10-11,13H2,1H3;1H. The van der Waals surface area contributed by atoms with Crippen molar-refractivity contribution in [2.45, 2.75) is 44.8 Å². The Labute approximate surface area is 161 Å². The lowest BCUT2D eigenvalue weighted by molar-refractivity contribution is 0.0524. The first-order chi connectivity index (χ1) is 12.3. The molecule has 2 N–H and O–H groups in total. The molecular weight excluding hydrogens is 350 g/mol. The van der Waals surface area contributed by atoms with E-state index < -0.39 is 0 Å². The van der Waals surface area contributed by atoms with Crippen molar-refractivity contribution in [3.8, 4) is 5.82 Å². The Kier molecular flexibility index (Phi) is 6.64. The van der Waals surface area contributed by atoms with E-state index in [0.717, 1.165) is 37.9 Å². The number of hydrogen-bond acceptors (Lipinski definition) is 5. The molecule has 3 heterocycles. The van der Waals surface area contributed by atoms with Crippen LogP contribution in [0.1, 0.15) is 30.7 Å². The van der Waals surface area contributed by atoms with E-state index in [0.29, 0.717) is 18.0 Å². The van der Waals surface area contributed by atoms with Crippen molar-refractivity contribution >= 4 is 12.4 Å². The fourth-order valence-electron chi connectivity index (χ4n) is 4.12. The fourth-order valence-corrected chi connectivity index (χ4v) is 4.12. The Hall–Kier alpha value is -1.47. The smallest absolute Gasteiger partial charge is 0.137 e. The number of imidazole rings is 1. The van der Waals surface area contributed by atoms with E-state index in [2.05, 4.69) is 32.7 Å². The highest BCUT2D eigenvalue weighted by atomic mass is 35.5. The molecule has 26 heavy (non-hydrogen) atoms. The normalized spacial score (nSPS) is 25.8. The third kappa shape index (κ3) is 4.26. The summed E-state index contributed by atoms with van der Waals surface area (Å²) in [5.74, 6) is 2.54. The van der Waals surface area contributed by atoms with Crippen molar-refractivity contribution in [1.29, 1.82) is 0 Å². The molecule has 3 unspecified atom stereocenters. The molecule has 3 atom stereocenters. The van der Waals surface area contributed by atoms with Gasteiger partial charge in [-0.3, -0.25) is 4.57 Å². The predicted octanol–water partition coefficient (Wildman–Crippen LogP) is 2.24. The SMILES string of the molecule is Cc1nccn1-c1ccc(CNC2CCCC2C2COCCN2)cn1.Cl. The summed E-state index contributed by atoms with van der Waals surface area (Å²) in [6.45, 7) is 5.53. The second-order valence-electron chi connectivity index (χ2n) is 7.09. The third-order valence-electron chi connectivity index (χ3n) is 5.49. The van der Waals surface area contributed by atoms with Crippen LogP contribution in [0, 0.1) is 12.8 Å². The number of aromatic nitrogens is 3. The zero-order valence-corrected chi connectivity index (χ0v) is 16.0. The minimum atomic E-state index is 0. The molecule has 2 aromatic heterocycles. The molecule has 0 radical (unpaired) electrons. The number of ether oxygens (including phenoxy) is 1. The van der Waals surface area contributed by atoms with Crippen LogP contribution >= 0.6 is 12.4 Å². The maximum atomic E-state index is 5.66. The summed E-state index contributed by atoms with van der Waals surface area (Å²) in [7, 11) is 0. The lowest BCUT2D eigenvalue weighted by atomic mass is 9.94. The Morgan fingerprint density at radius 3 is 2.92 bits per heavy atom. The molecule has 1 aliphatic carbocycles.